The Bertz CT molecular complexity index is 1160. The van der Waals surface area contributed by atoms with Crippen molar-refractivity contribution in [2.45, 2.75) is 20.0 Å². The molecule has 158 valence electrons. The molecule has 0 aliphatic rings. The van der Waals surface area contributed by atoms with E-state index >= 15 is 0 Å². The van der Waals surface area contributed by atoms with Gasteiger partial charge < -0.3 is 9.15 Å². The molecular weight excluding hydrogens is 392 g/mol. The minimum absolute atomic E-state index is 0.367. The van der Waals surface area contributed by atoms with Crippen LogP contribution in [0.1, 0.15) is 27.4 Å². The molecule has 4 rings (SSSR count). The Balaban J connectivity index is 1.45. The highest BCUT2D eigenvalue weighted by Gasteiger charge is 2.14. The number of aromatic nitrogens is 3. The number of carbonyl (C=O) groups is 1. The Morgan fingerprint density at radius 1 is 1.13 bits per heavy atom. The van der Waals surface area contributed by atoms with Crippen molar-refractivity contribution < 1.29 is 13.9 Å². The Labute approximate surface area is 180 Å². The molecule has 7 heteroatoms. The lowest BCUT2D eigenvalue weighted by atomic mass is 10.1. The van der Waals surface area contributed by atoms with Gasteiger partial charge in [-0.1, -0.05) is 12.1 Å². The molecule has 0 saturated heterocycles. The maximum atomic E-state index is 11.6. The first-order chi connectivity index (χ1) is 15.0. The van der Waals surface area contributed by atoms with Crippen molar-refractivity contribution in [1.29, 1.82) is 0 Å². The largest absolute Gasteiger partial charge is 0.465 e. The summed E-state index contributed by atoms with van der Waals surface area (Å²) in [6.45, 7) is 3.34. The van der Waals surface area contributed by atoms with Gasteiger partial charge in [0.05, 0.1) is 24.1 Å². The van der Waals surface area contributed by atoms with Crippen LogP contribution in [0.5, 0.6) is 0 Å². The first-order valence-corrected chi connectivity index (χ1v) is 9.96. The summed E-state index contributed by atoms with van der Waals surface area (Å²) in [5, 5.41) is 4.29. The maximum absolute atomic E-state index is 11.6. The summed E-state index contributed by atoms with van der Waals surface area (Å²) in [6.07, 6.45) is 3.70. The smallest absolute Gasteiger partial charge is 0.337 e. The van der Waals surface area contributed by atoms with E-state index in [-0.39, 0.29) is 5.97 Å². The summed E-state index contributed by atoms with van der Waals surface area (Å²) in [7, 11) is 3.42. The van der Waals surface area contributed by atoms with Crippen LogP contribution in [-0.2, 0) is 17.8 Å². The van der Waals surface area contributed by atoms with Crippen molar-refractivity contribution in [2.75, 3.05) is 14.2 Å². The molecule has 31 heavy (non-hydrogen) atoms. The van der Waals surface area contributed by atoms with Gasteiger partial charge in [-0.3, -0.25) is 4.90 Å². The second-order valence-corrected chi connectivity index (χ2v) is 7.38. The average molecular weight is 416 g/mol. The topological polar surface area (TPSA) is 73.4 Å². The van der Waals surface area contributed by atoms with Crippen LogP contribution < -0.4 is 0 Å². The fourth-order valence-electron chi connectivity index (χ4n) is 3.41. The van der Waals surface area contributed by atoms with E-state index in [2.05, 4.69) is 34.2 Å². The van der Waals surface area contributed by atoms with Crippen molar-refractivity contribution in [3.05, 3.63) is 89.6 Å². The van der Waals surface area contributed by atoms with Crippen molar-refractivity contribution in [2.24, 2.45) is 0 Å². The van der Waals surface area contributed by atoms with E-state index in [0.29, 0.717) is 18.0 Å². The first kappa shape index (κ1) is 20.6. The third kappa shape index (κ3) is 4.73. The molecule has 0 amide bonds. The van der Waals surface area contributed by atoms with Crippen LogP contribution in [0.4, 0.5) is 0 Å². The SMILES string of the molecule is COC(=O)c1ccc(-c2nc(CN(C)Cc3cccc(-n4cccn4)c3)c(C)o2)cc1. The van der Waals surface area contributed by atoms with Gasteiger partial charge >= 0.3 is 5.97 Å². The molecule has 4 aromatic rings. The Kier molecular flexibility index (Phi) is 5.95. The summed E-state index contributed by atoms with van der Waals surface area (Å²) >= 11 is 0. The number of esters is 1. The van der Waals surface area contributed by atoms with Gasteiger partial charge in [0.15, 0.2) is 0 Å². The molecule has 2 aromatic heterocycles. The summed E-state index contributed by atoms with van der Waals surface area (Å²) in [5.41, 5.74) is 4.42. The average Bonchev–Trinajstić information content (AvgIpc) is 3.44. The molecular formula is C24H24N4O3. The summed E-state index contributed by atoms with van der Waals surface area (Å²) in [6, 6.07) is 17.3. The molecule has 0 N–H and O–H groups in total. The quantitative estimate of drug-likeness (QED) is 0.419. The number of benzene rings is 2. The summed E-state index contributed by atoms with van der Waals surface area (Å²) in [5.74, 6) is 0.955. The van der Waals surface area contributed by atoms with Gasteiger partial charge in [-0.05, 0) is 62.0 Å². The molecule has 7 nitrogen and oxygen atoms in total. The van der Waals surface area contributed by atoms with Crippen LogP contribution in [-0.4, -0.2) is 39.8 Å². The standard InChI is InChI=1S/C24H24N4O3/c1-17-22(26-23(31-17)19-8-10-20(11-9-19)24(29)30-3)16-27(2)15-18-6-4-7-21(14-18)28-13-5-12-25-28/h4-14H,15-16H2,1-3H3. The minimum atomic E-state index is -0.367. The fraction of sp³-hybridized carbons (Fsp3) is 0.208. The number of aryl methyl sites for hydroxylation is 1. The van der Waals surface area contributed by atoms with Gasteiger partial charge in [-0.15, -0.1) is 0 Å². The normalized spacial score (nSPS) is 11.1. The van der Waals surface area contributed by atoms with E-state index < -0.39 is 0 Å². The summed E-state index contributed by atoms with van der Waals surface area (Å²) < 4.78 is 12.5. The first-order valence-electron chi connectivity index (χ1n) is 9.96. The Morgan fingerprint density at radius 2 is 1.94 bits per heavy atom. The van der Waals surface area contributed by atoms with E-state index in [9.17, 15) is 4.79 Å². The number of methoxy groups -OCH3 is 1. The van der Waals surface area contributed by atoms with E-state index in [1.165, 1.54) is 12.7 Å². The van der Waals surface area contributed by atoms with Gasteiger partial charge in [0.25, 0.3) is 0 Å². The number of ether oxygens (including phenoxy) is 1. The number of carbonyl (C=O) groups excluding carboxylic acids is 1. The van der Waals surface area contributed by atoms with Crippen LogP contribution >= 0.6 is 0 Å². The van der Waals surface area contributed by atoms with Crippen LogP contribution in [0.15, 0.2) is 71.4 Å². The third-order valence-electron chi connectivity index (χ3n) is 5.00. The highest BCUT2D eigenvalue weighted by molar-refractivity contribution is 5.89. The molecule has 0 spiro atoms. The van der Waals surface area contributed by atoms with E-state index in [0.717, 1.165) is 29.2 Å². The molecule has 0 unspecified atom stereocenters. The highest BCUT2D eigenvalue weighted by Crippen LogP contribution is 2.23. The van der Waals surface area contributed by atoms with E-state index in [1.54, 1.807) is 18.3 Å². The molecule has 0 radical (unpaired) electrons. The molecule has 0 atom stereocenters. The molecule has 2 heterocycles. The number of oxazole rings is 1. The number of hydrogen-bond acceptors (Lipinski definition) is 6. The number of hydrogen-bond donors (Lipinski definition) is 0. The lowest BCUT2D eigenvalue weighted by molar-refractivity contribution is 0.0600. The fourth-order valence-corrected chi connectivity index (χ4v) is 3.41. The Morgan fingerprint density at radius 3 is 2.65 bits per heavy atom. The van der Waals surface area contributed by atoms with Crippen molar-refractivity contribution in [1.82, 2.24) is 19.7 Å². The van der Waals surface area contributed by atoms with Crippen LogP contribution in [0, 0.1) is 6.92 Å². The van der Waals surface area contributed by atoms with E-state index in [4.69, 9.17) is 9.15 Å². The zero-order valence-corrected chi connectivity index (χ0v) is 17.8. The van der Waals surface area contributed by atoms with Gasteiger partial charge in [0.2, 0.25) is 5.89 Å². The van der Waals surface area contributed by atoms with Crippen molar-refractivity contribution >= 4 is 5.97 Å². The maximum Gasteiger partial charge on any atom is 0.337 e. The zero-order valence-electron chi connectivity index (χ0n) is 17.8. The van der Waals surface area contributed by atoms with Crippen LogP contribution in [0.25, 0.3) is 17.1 Å². The third-order valence-corrected chi connectivity index (χ3v) is 5.00. The molecule has 0 saturated carbocycles. The number of nitrogens with zero attached hydrogens (tertiary/aromatic N) is 4. The molecule has 0 fully saturated rings. The number of rotatable bonds is 7. The lowest BCUT2D eigenvalue weighted by Crippen LogP contribution is -2.18. The second-order valence-electron chi connectivity index (χ2n) is 7.38. The highest BCUT2D eigenvalue weighted by atomic mass is 16.5. The van der Waals surface area contributed by atoms with Gasteiger partial charge in [0.1, 0.15) is 5.76 Å². The molecule has 0 aliphatic carbocycles. The van der Waals surface area contributed by atoms with Crippen LogP contribution in [0.2, 0.25) is 0 Å². The van der Waals surface area contributed by atoms with Gasteiger partial charge in [-0.25, -0.2) is 14.5 Å². The van der Waals surface area contributed by atoms with Crippen molar-refractivity contribution in [3.63, 3.8) is 0 Å². The minimum Gasteiger partial charge on any atom is -0.465 e. The second kappa shape index (κ2) is 8.97. The van der Waals surface area contributed by atoms with Crippen LogP contribution in [0.3, 0.4) is 0 Å². The lowest BCUT2D eigenvalue weighted by Gasteiger charge is -2.16. The predicted molar refractivity (Wildman–Crippen MR) is 117 cm³/mol. The zero-order chi connectivity index (χ0) is 21.8. The predicted octanol–water partition coefficient (Wildman–Crippen LogP) is 4.25. The monoisotopic (exact) mass is 416 g/mol. The molecule has 0 aliphatic heterocycles. The van der Waals surface area contributed by atoms with Gasteiger partial charge in [0, 0.05) is 31.0 Å². The summed E-state index contributed by atoms with van der Waals surface area (Å²) in [4.78, 5) is 18.5. The molecule has 0 bridgehead atoms. The molecule has 2 aromatic carbocycles. The van der Waals surface area contributed by atoms with Gasteiger partial charge in [-0.2, -0.15) is 5.10 Å². The van der Waals surface area contributed by atoms with E-state index in [1.807, 2.05) is 48.1 Å². The Hall–Kier alpha value is -3.71. The van der Waals surface area contributed by atoms with Crippen molar-refractivity contribution in [3.8, 4) is 17.1 Å².